The van der Waals surface area contributed by atoms with Crippen LogP contribution in [0.2, 0.25) is 0 Å². The van der Waals surface area contributed by atoms with Crippen LogP contribution in [0.3, 0.4) is 0 Å². The number of hydrogen-bond donors (Lipinski definition) is 0. The highest BCUT2D eigenvalue weighted by molar-refractivity contribution is 8.76. The summed E-state index contributed by atoms with van der Waals surface area (Å²) in [5.41, 5.74) is 0.933. The van der Waals surface area contributed by atoms with Crippen LogP contribution < -0.4 is 4.74 Å². The van der Waals surface area contributed by atoms with Gasteiger partial charge in [0.05, 0.1) is 13.0 Å². The van der Waals surface area contributed by atoms with E-state index in [2.05, 4.69) is 18.7 Å². The molecule has 5 nitrogen and oxygen atoms in total. The van der Waals surface area contributed by atoms with Gasteiger partial charge in [0, 0.05) is 24.5 Å². The minimum atomic E-state index is -0.182. The van der Waals surface area contributed by atoms with Gasteiger partial charge in [-0.05, 0) is 43.6 Å². The Kier molecular flexibility index (Phi) is 11.8. The van der Waals surface area contributed by atoms with Gasteiger partial charge in [-0.2, -0.15) is 0 Å². The lowest BCUT2D eigenvalue weighted by Gasteiger charge is -2.23. The molecule has 0 aromatic heterocycles. The number of ether oxygens (including phenoxy) is 3. The van der Waals surface area contributed by atoms with Gasteiger partial charge < -0.3 is 19.1 Å². The molecule has 1 fully saturated rings. The first-order valence-corrected chi connectivity index (χ1v) is 12.7. The topological polar surface area (TPSA) is 48.0 Å². The SMILES string of the molecule is CCN(CC)CCSSCCOC(=O)Cc1ccc(OC2CCCCO2)cc1. The van der Waals surface area contributed by atoms with Crippen LogP contribution in [0.5, 0.6) is 5.75 Å². The zero-order chi connectivity index (χ0) is 20.0. The first-order valence-electron chi connectivity index (χ1n) is 10.2. The van der Waals surface area contributed by atoms with Crippen molar-refractivity contribution in [1.29, 1.82) is 0 Å². The fraction of sp³-hybridized carbons (Fsp3) is 0.667. The molecular formula is C21H33NO4S2. The van der Waals surface area contributed by atoms with Crippen LogP contribution in [0.4, 0.5) is 0 Å². The molecule has 0 bridgehead atoms. The van der Waals surface area contributed by atoms with E-state index < -0.39 is 0 Å². The third kappa shape index (κ3) is 9.54. The molecule has 1 atom stereocenters. The van der Waals surface area contributed by atoms with E-state index in [1.54, 1.807) is 10.8 Å². The standard InChI is InChI=1S/C21H33NO4S2/c1-3-22(4-2)12-15-27-28-16-14-24-20(23)17-18-8-10-19(11-9-18)26-21-7-5-6-13-25-21/h8-11,21H,3-7,12-17H2,1-2H3. The fourth-order valence-electron chi connectivity index (χ4n) is 2.87. The van der Waals surface area contributed by atoms with E-state index in [1.807, 2.05) is 35.1 Å². The summed E-state index contributed by atoms with van der Waals surface area (Å²) in [5.74, 6) is 2.52. The van der Waals surface area contributed by atoms with Gasteiger partial charge in [-0.15, -0.1) is 0 Å². The first kappa shape index (κ1) is 23.4. The van der Waals surface area contributed by atoms with Crippen LogP contribution in [0.25, 0.3) is 0 Å². The van der Waals surface area contributed by atoms with Gasteiger partial charge in [-0.3, -0.25) is 4.79 Å². The largest absolute Gasteiger partial charge is 0.465 e. The molecular weight excluding hydrogens is 394 g/mol. The second kappa shape index (κ2) is 14.1. The highest BCUT2D eigenvalue weighted by atomic mass is 33.1. The normalized spacial score (nSPS) is 16.9. The monoisotopic (exact) mass is 427 g/mol. The molecule has 0 N–H and O–H groups in total. The van der Waals surface area contributed by atoms with Gasteiger partial charge in [0.2, 0.25) is 0 Å². The van der Waals surface area contributed by atoms with E-state index >= 15 is 0 Å². The number of nitrogens with zero attached hydrogens (tertiary/aromatic N) is 1. The van der Waals surface area contributed by atoms with Crippen molar-refractivity contribution in [2.24, 2.45) is 0 Å². The summed E-state index contributed by atoms with van der Waals surface area (Å²) >= 11 is 0. The van der Waals surface area contributed by atoms with Crippen molar-refractivity contribution in [3.05, 3.63) is 29.8 Å². The molecule has 1 unspecified atom stereocenters. The van der Waals surface area contributed by atoms with Crippen LogP contribution >= 0.6 is 21.6 Å². The Morgan fingerprint density at radius 3 is 2.57 bits per heavy atom. The lowest BCUT2D eigenvalue weighted by Crippen LogP contribution is -2.25. The van der Waals surface area contributed by atoms with Gasteiger partial charge in [-0.1, -0.05) is 47.6 Å². The molecule has 0 amide bonds. The average Bonchev–Trinajstić information content (AvgIpc) is 2.72. The van der Waals surface area contributed by atoms with Crippen molar-refractivity contribution in [2.75, 3.05) is 44.4 Å². The van der Waals surface area contributed by atoms with Crippen LogP contribution in [0.15, 0.2) is 24.3 Å². The summed E-state index contributed by atoms with van der Waals surface area (Å²) in [6.07, 6.45) is 3.32. The molecule has 1 aromatic rings. The summed E-state index contributed by atoms with van der Waals surface area (Å²) in [6, 6.07) is 7.61. The Morgan fingerprint density at radius 1 is 1.14 bits per heavy atom. The highest BCUT2D eigenvalue weighted by Crippen LogP contribution is 2.21. The molecule has 158 valence electrons. The second-order valence-corrected chi connectivity index (χ2v) is 9.33. The van der Waals surface area contributed by atoms with Crippen LogP contribution in [-0.2, 0) is 20.7 Å². The maximum Gasteiger partial charge on any atom is 0.310 e. The van der Waals surface area contributed by atoms with Gasteiger partial charge in [-0.25, -0.2) is 0 Å². The Labute approximate surface area is 177 Å². The maximum absolute atomic E-state index is 12.0. The molecule has 1 heterocycles. The van der Waals surface area contributed by atoms with Gasteiger partial charge in [0.1, 0.15) is 12.4 Å². The number of hydrogen-bond acceptors (Lipinski definition) is 7. The third-order valence-electron chi connectivity index (χ3n) is 4.58. The predicted octanol–water partition coefficient (Wildman–Crippen LogP) is 4.40. The number of esters is 1. The molecule has 1 aliphatic rings. The molecule has 0 spiro atoms. The number of carbonyl (C=O) groups excluding carboxylic acids is 1. The van der Waals surface area contributed by atoms with E-state index in [4.69, 9.17) is 14.2 Å². The van der Waals surface area contributed by atoms with Gasteiger partial charge in [0.25, 0.3) is 0 Å². The summed E-state index contributed by atoms with van der Waals surface area (Å²) < 4.78 is 16.7. The highest BCUT2D eigenvalue weighted by Gasteiger charge is 2.15. The third-order valence-corrected chi connectivity index (χ3v) is 6.92. The second-order valence-electron chi connectivity index (χ2n) is 6.63. The molecule has 0 aliphatic carbocycles. The van der Waals surface area contributed by atoms with E-state index in [1.165, 1.54) is 0 Å². The quantitative estimate of drug-likeness (QED) is 0.263. The van der Waals surface area contributed by atoms with Crippen molar-refractivity contribution in [3.63, 3.8) is 0 Å². The van der Waals surface area contributed by atoms with Gasteiger partial charge in [0.15, 0.2) is 6.29 Å². The molecule has 1 aliphatic heterocycles. The lowest BCUT2D eigenvalue weighted by molar-refractivity contribution is -0.142. The van der Waals surface area contributed by atoms with E-state index in [-0.39, 0.29) is 12.3 Å². The zero-order valence-electron chi connectivity index (χ0n) is 17.1. The first-order chi connectivity index (χ1) is 13.7. The molecule has 1 saturated heterocycles. The Hall–Kier alpha value is -0.890. The lowest BCUT2D eigenvalue weighted by atomic mass is 10.1. The predicted molar refractivity (Wildman–Crippen MR) is 118 cm³/mol. The smallest absolute Gasteiger partial charge is 0.310 e. The van der Waals surface area contributed by atoms with Crippen LogP contribution in [-0.4, -0.2) is 61.5 Å². The molecule has 7 heteroatoms. The van der Waals surface area contributed by atoms with Crippen molar-refractivity contribution in [1.82, 2.24) is 4.90 Å². The van der Waals surface area contributed by atoms with Crippen molar-refractivity contribution in [2.45, 2.75) is 45.8 Å². The minimum Gasteiger partial charge on any atom is -0.465 e. The number of carbonyl (C=O) groups is 1. The van der Waals surface area contributed by atoms with E-state index in [0.717, 1.165) is 68.3 Å². The van der Waals surface area contributed by atoms with Crippen molar-refractivity contribution >= 4 is 27.6 Å². The number of rotatable bonds is 13. The van der Waals surface area contributed by atoms with Gasteiger partial charge >= 0.3 is 5.97 Å². The Bertz CT molecular complexity index is 546. The van der Waals surface area contributed by atoms with E-state index in [9.17, 15) is 4.79 Å². The Balaban J connectivity index is 1.55. The molecule has 2 rings (SSSR count). The van der Waals surface area contributed by atoms with Crippen LogP contribution in [0.1, 0.15) is 38.7 Å². The van der Waals surface area contributed by atoms with Crippen molar-refractivity contribution in [3.8, 4) is 5.75 Å². The Morgan fingerprint density at radius 2 is 1.89 bits per heavy atom. The molecule has 28 heavy (non-hydrogen) atoms. The fourth-order valence-corrected chi connectivity index (χ4v) is 4.73. The maximum atomic E-state index is 12.0. The molecule has 1 aromatic carbocycles. The zero-order valence-corrected chi connectivity index (χ0v) is 18.7. The molecule has 0 radical (unpaired) electrons. The minimum absolute atomic E-state index is 0.146. The summed E-state index contributed by atoms with van der Waals surface area (Å²) in [7, 11) is 3.61. The van der Waals surface area contributed by atoms with E-state index in [0.29, 0.717) is 13.0 Å². The summed E-state index contributed by atoms with van der Waals surface area (Å²) in [5, 5.41) is 0. The average molecular weight is 428 g/mol. The van der Waals surface area contributed by atoms with Crippen molar-refractivity contribution < 1.29 is 19.0 Å². The number of benzene rings is 1. The summed E-state index contributed by atoms with van der Waals surface area (Å²) in [4.78, 5) is 14.4. The molecule has 0 saturated carbocycles. The summed E-state index contributed by atoms with van der Waals surface area (Å²) in [6.45, 7) is 8.90. The van der Waals surface area contributed by atoms with Crippen LogP contribution in [0, 0.1) is 0 Å².